The maximum atomic E-state index is 11.3. The summed E-state index contributed by atoms with van der Waals surface area (Å²) < 4.78 is 4.64. The normalized spacial score (nSPS) is 16.8. The van der Waals surface area contributed by atoms with Gasteiger partial charge >= 0.3 is 5.97 Å². The van der Waals surface area contributed by atoms with Crippen LogP contribution in [0.2, 0.25) is 0 Å². The van der Waals surface area contributed by atoms with Crippen LogP contribution in [-0.2, 0) is 9.53 Å². The zero-order valence-electron chi connectivity index (χ0n) is 9.59. The summed E-state index contributed by atoms with van der Waals surface area (Å²) in [7, 11) is 1.38. The predicted octanol–water partition coefficient (Wildman–Crippen LogP) is 2.82. The van der Waals surface area contributed by atoms with Crippen LogP contribution < -0.4 is 0 Å². The quantitative estimate of drug-likeness (QED) is 0.729. The summed E-state index contributed by atoms with van der Waals surface area (Å²) in [5.74, 6) is -0.306. The Morgan fingerprint density at radius 3 is 2.59 bits per heavy atom. The van der Waals surface area contributed by atoms with Crippen molar-refractivity contribution in [2.45, 2.75) is 6.42 Å². The van der Waals surface area contributed by atoms with E-state index in [1.807, 2.05) is 42.5 Å². The molecule has 0 N–H and O–H groups in total. The Hall–Kier alpha value is -2.16. The van der Waals surface area contributed by atoms with Gasteiger partial charge in [-0.05, 0) is 24.3 Å². The molecule has 0 saturated carbocycles. The lowest BCUT2D eigenvalue weighted by Crippen LogP contribution is -2.07. The van der Waals surface area contributed by atoms with Crippen molar-refractivity contribution in [2.24, 2.45) is 4.99 Å². The molecule has 1 aliphatic rings. The molecular formula is C14H13NO2. The van der Waals surface area contributed by atoms with Crippen LogP contribution >= 0.6 is 0 Å². The van der Waals surface area contributed by atoms with E-state index < -0.39 is 0 Å². The van der Waals surface area contributed by atoms with Gasteiger partial charge in [-0.1, -0.05) is 24.3 Å². The minimum absolute atomic E-state index is 0.306. The number of methoxy groups -OCH3 is 1. The number of esters is 1. The van der Waals surface area contributed by atoms with Gasteiger partial charge in [0.15, 0.2) is 0 Å². The van der Waals surface area contributed by atoms with Gasteiger partial charge in [-0.15, -0.1) is 0 Å². The number of aliphatic imine (C=N–C) groups is 1. The number of benzene rings is 1. The molecule has 0 aliphatic heterocycles. The molecule has 1 aromatic rings. The van der Waals surface area contributed by atoms with E-state index in [1.54, 1.807) is 6.08 Å². The van der Waals surface area contributed by atoms with E-state index in [2.05, 4.69) is 9.73 Å². The van der Waals surface area contributed by atoms with Crippen LogP contribution in [0.3, 0.4) is 0 Å². The molecule has 3 nitrogen and oxygen atoms in total. The third-order valence-corrected chi connectivity index (χ3v) is 2.44. The molecule has 0 aromatic heterocycles. The van der Waals surface area contributed by atoms with E-state index in [9.17, 15) is 4.79 Å². The van der Waals surface area contributed by atoms with Gasteiger partial charge in [-0.2, -0.15) is 0 Å². The minimum Gasteiger partial charge on any atom is -0.465 e. The van der Waals surface area contributed by atoms with Gasteiger partial charge in [0.25, 0.3) is 0 Å². The number of hydrogen-bond acceptors (Lipinski definition) is 3. The van der Waals surface area contributed by atoms with Gasteiger partial charge in [0.1, 0.15) is 0 Å². The molecule has 1 aromatic carbocycles. The van der Waals surface area contributed by atoms with E-state index in [0.717, 1.165) is 11.4 Å². The fourth-order valence-electron chi connectivity index (χ4n) is 1.56. The van der Waals surface area contributed by atoms with Crippen molar-refractivity contribution >= 4 is 17.4 Å². The Morgan fingerprint density at radius 1 is 1.24 bits per heavy atom. The van der Waals surface area contributed by atoms with Crippen LogP contribution in [0.25, 0.3) is 0 Å². The molecule has 0 spiro atoms. The Kier molecular flexibility index (Phi) is 3.50. The standard InChI is InChI=1S/C14H13NO2/c1-17-14(16)11-7-9-13(10-8-11)15-12-5-3-2-4-6-12/h2-9H,10H2,1H3. The fourth-order valence-corrected chi connectivity index (χ4v) is 1.56. The number of carbonyl (C=O) groups excluding carboxylic acids is 1. The summed E-state index contributed by atoms with van der Waals surface area (Å²) in [6.45, 7) is 0. The molecule has 0 heterocycles. The average molecular weight is 227 g/mol. The van der Waals surface area contributed by atoms with Gasteiger partial charge in [0.2, 0.25) is 0 Å². The van der Waals surface area contributed by atoms with Gasteiger partial charge in [-0.25, -0.2) is 4.79 Å². The summed E-state index contributed by atoms with van der Waals surface area (Å²) in [6, 6.07) is 9.74. The molecule has 0 bridgehead atoms. The van der Waals surface area contributed by atoms with Crippen molar-refractivity contribution in [3.63, 3.8) is 0 Å². The number of nitrogens with zero attached hydrogens (tertiary/aromatic N) is 1. The van der Waals surface area contributed by atoms with Gasteiger partial charge in [0.05, 0.1) is 18.4 Å². The highest BCUT2D eigenvalue weighted by atomic mass is 16.5. The Balaban J connectivity index is 2.10. The Morgan fingerprint density at radius 2 is 2.00 bits per heavy atom. The molecule has 86 valence electrons. The van der Waals surface area contributed by atoms with E-state index in [0.29, 0.717) is 12.0 Å². The first-order valence-corrected chi connectivity index (χ1v) is 5.39. The molecule has 3 heteroatoms. The second kappa shape index (κ2) is 5.25. The molecule has 2 rings (SSSR count). The molecule has 0 unspecified atom stereocenters. The number of hydrogen-bond donors (Lipinski definition) is 0. The second-order valence-corrected chi connectivity index (χ2v) is 3.63. The molecule has 0 radical (unpaired) electrons. The van der Waals surface area contributed by atoms with E-state index in [1.165, 1.54) is 7.11 Å². The van der Waals surface area contributed by atoms with E-state index >= 15 is 0 Å². The van der Waals surface area contributed by atoms with Crippen molar-refractivity contribution in [3.05, 3.63) is 54.1 Å². The summed E-state index contributed by atoms with van der Waals surface area (Å²) in [5.41, 5.74) is 2.44. The third kappa shape index (κ3) is 2.91. The van der Waals surface area contributed by atoms with Crippen LogP contribution in [0.15, 0.2) is 59.1 Å². The Bertz CT molecular complexity index is 498. The number of ether oxygens (including phenoxy) is 1. The first kappa shape index (κ1) is 11.3. The highest BCUT2D eigenvalue weighted by Crippen LogP contribution is 2.15. The van der Waals surface area contributed by atoms with Gasteiger partial charge in [-0.3, -0.25) is 4.99 Å². The number of allylic oxidation sites excluding steroid dienone is 2. The molecule has 0 amide bonds. The molecule has 0 atom stereocenters. The van der Waals surface area contributed by atoms with E-state index in [-0.39, 0.29) is 5.97 Å². The maximum absolute atomic E-state index is 11.3. The highest BCUT2D eigenvalue weighted by molar-refractivity contribution is 6.03. The molecule has 17 heavy (non-hydrogen) atoms. The van der Waals surface area contributed by atoms with Crippen molar-refractivity contribution in [3.8, 4) is 0 Å². The van der Waals surface area contributed by atoms with Crippen molar-refractivity contribution in [1.29, 1.82) is 0 Å². The second-order valence-electron chi connectivity index (χ2n) is 3.63. The fraction of sp³-hybridized carbons (Fsp3) is 0.143. The molecule has 0 fully saturated rings. The van der Waals surface area contributed by atoms with E-state index in [4.69, 9.17) is 0 Å². The molecule has 1 aliphatic carbocycles. The lowest BCUT2D eigenvalue weighted by atomic mass is 10.1. The van der Waals surface area contributed by atoms with Crippen molar-refractivity contribution in [1.82, 2.24) is 0 Å². The average Bonchev–Trinajstić information content (AvgIpc) is 2.40. The minimum atomic E-state index is -0.306. The van der Waals surface area contributed by atoms with Crippen LogP contribution in [0.1, 0.15) is 6.42 Å². The topological polar surface area (TPSA) is 38.7 Å². The smallest absolute Gasteiger partial charge is 0.337 e. The highest BCUT2D eigenvalue weighted by Gasteiger charge is 2.10. The number of para-hydroxylation sites is 1. The monoisotopic (exact) mass is 227 g/mol. The van der Waals surface area contributed by atoms with Gasteiger partial charge < -0.3 is 4.74 Å². The SMILES string of the molecule is COC(=O)C1=CCC(=Nc2ccccc2)C=C1. The predicted molar refractivity (Wildman–Crippen MR) is 67.4 cm³/mol. The van der Waals surface area contributed by atoms with Crippen molar-refractivity contribution in [2.75, 3.05) is 7.11 Å². The lowest BCUT2D eigenvalue weighted by Gasteiger charge is -2.06. The maximum Gasteiger partial charge on any atom is 0.337 e. The summed E-state index contributed by atoms with van der Waals surface area (Å²) in [5, 5.41) is 0. The number of carbonyl (C=O) groups is 1. The summed E-state index contributed by atoms with van der Waals surface area (Å²) in [6.07, 6.45) is 6.06. The lowest BCUT2D eigenvalue weighted by molar-refractivity contribution is -0.135. The van der Waals surface area contributed by atoms with Crippen LogP contribution in [0, 0.1) is 0 Å². The van der Waals surface area contributed by atoms with Crippen LogP contribution in [-0.4, -0.2) is 18.8 Å². The zero-order chi connectivity index (χ0) is 12.1. The first-order chi connectivity index (χ1) is 8.29. The first-order valence-electron chi connectivity index (χ1n) is 5.39. The van der Waals surface area contributed by atoms with Crippen molar-refractivity contribution < 1.29 is 9.53 Å². The molecular weight excluding hydrogens is 214 g/mol. The van der Waals surface area contributed by atoms with Crippen LogP contribution in [0.5, 0.6) is 0 Å². The van der Waals surface area contributed by atoms with Crippen LogP contribution in [0.4, 0.5) is 5.69 Å². The number of rotatable bonds is 2. The van der Waals surface area contributed by atoms with Gasteiger partial charge in [0, 0.05) is 12.1 Å². The molecule has 0 saturated heterocycles. The largest absolute Gasteiger partial charge is 0.465 e. The zero-order valence-corrected chi connectivity index (χ0v) is 9.59. The summed E-state index contributed by atoms with van der Waals surface area (Å²) >= 11 is 0. The Labute approximate surface area is 100 Å². The third-order valence-electron chi connectivity index (χ3n) is 2.44. The summed E-state index contributed by atoms with van der Waals surface area (Å²) in [4.78, 5) is 15.7.